The minimum Gasteiger partial charge on any atom is -0.390 e. The maximum absolute atomic E-state index is 10.9. The van der Waals surface area contributed by atoms with Crippen molar-refractivity contribution in [1.29, 1.82) is 0 Å². The van der Waals surface area contributed by atoms with Gasteiger partial charge in [-0.15, -0.1) is 0 Å². The number of unbranched alkanes of at least 4 members (excludes halogenated alkanes) is 6. The highest BCUT2D eigenvalue weighted by Gasteiger charge is 2.53. The molecule has 1 fully saturated rings. The number of nitrogens with zero attached hydrogens (tertiary/aromatic N) is 2. The summed E-state index contributed by atoms with van der Waals surface area (Å²) in [5.41, 5.74) is -0.498. The number of aliphatic hydroxyl groups excluding tert-OH is 1. The van der Waals surface area contributed by atoms with E-state index in [9.17, 15) is 9.90 Å². The molecule has 30 heavy (non-hydrogen) atoms. The predicted octanol–water partition coefficient (Wildman–Crippen LogP) is 3.40. The van der Waals surface area contributed by atoms with Gasteiger partial charge in [-0.25, -0.2) is 0 Å². The molecule has 1 atom stereocenters. The van der Waals surface area contributed by atoms with Crippen molar-refractivity contribution in [2.24, 2.45) is 0 Å². The highest BCUT2D eigenvalue weighted by Crippen LogP contribution is 2.29. The van der Waals surface area contributed by atoms with Crippen molar-refractivity contribution in [3.63, 3.8) is 0 Å². The summed E-state index contributed by atoms with van der Waals surface area (Å²) in [6.45, 7) is 8.75. The monoisotopic (exact) mass is 448 g/mol. The zero-order valence-corrected chi connectivity index (χ0v) is 21.9. The van der Waals surface area contributed by atoms with Gasteiger partial charge in [0.05, 0.1) is 61.0 Å². The van der Waals surface area contributed by atoms with Gasteiger partial charge in [-0.3, -0.25) is 0 Å². The number of quaternary nitrogens is 2. The van der Waals surface area contributed by atoms with Gasteiger partial charge < -0.3 is 27.7 Å². The quantitative estimate of drug-likeness (QED) is 0.216. The van der Waals surface area contributed by atoms with Crippen LogP contribution in [-0.2, 0) is 8.85 Å². The Morgan fingerprint density at radius 3 is 1.73 bits per heavy atom. The maximum atomic E-state index is 10.9. The molecule has 1 unspecified atom stereocenters. The molecule has 0 spiro atoms. The summed E-state index contributed by atoms with van der Waals surface area (Å²) >= 11 is 0. The van der Waals surface area contributed by atoms with Gasteiger partial charge in [0.1, 0.15) is 6.61 Å². The first-order valence-electron chi connectivity index (χ1n) is 12.3. The summed E-state index contributed by atoms with van der Waals surface area (Å²) in [5.74, 6) is 0. The van der Waals surface area contributed by atoms with Gasteiger partial charge in [0.15, 0.2) is 5.54 Å². The highest BCUT2D eigenvalue weighted by molar-refractivity contribution is 6.59. The van der Waals surface area contributed by atoms with Crippen molar-refractivity contribution in [2.45, 2.75) is 83.2 Å². The zero-order chi connectivity index (χ0) is 22.7. The van der Waals surface area contributed by atoms with E-state index < -0.39 is 14.3 Å². The number of rotatable bonds is 16. The second-order valence-corrected chi connectivity index (χ2v) is 13.2. The molecule has 0 amide bonds. The summed E-state index contributed by atoms with van der Waals surface area (Å²) < 4.78 is 13.5. The zero-order valence-electron chi connectivity index (χ0n) is 20.9. The Morgan fingerprint density at radius 2 is 1.23 bits per heavy atom. The van der Waals surface area contributed by atoms with E-state index in [1.807, 2.05) is 21.1 Å². The second-order valence-electron chi connectivity index (χ2n) is 10.7. The molecular formula is C23H52N2O4Si+2. The van der Waals surface area contributed by atoms with Gasteiger partial charge in [-0.1, -0.05) is 39.5 Å². The lowest BCUT2D eigenvalue weighted by molar-refractivity contribution is -0.926. The molecule has 0 aromatic carbocycles. The summed E-state index contributed by atoms with van der Waals surface area (Å²) in [6, 6.07) is 0.614. The summed E-state index contributed by atoms with van der Waals surface area (Å²) in [7, 11) is 5.36. The maximum Gasteiger partial charge on any atom is 0.498 e. The van der Waals surface area contributed by atoms with Crippen LogP contribution in [0, 0.1) is 0 Å². The van der Waals surface area contributed by atoms with Crippen molar-refractivity contribution in [1.82, 2.24) is 0 Å². The van der Waals surface area contributed by atoms with E-state index in [4.69, 9.17) is 8.85 Å². The Kier molecular flexibility index (Phi) is 12.0. The molecule has 0 aromatic rings. The fraction of sp³-hybridized carbons (Fsp3) is 1.00. The van der Waals surface area contributed by atoms with Crippen molar-refractivity contribution >= 4 is 8.80 Å². The molecule has 0 bridgehead atoms. The Balaban J connectivity index is 2.54. The SMILES string of the molecule is CCCCCCC[N+](C)(CCCCC)CCC[Si]1(O)OCC(CO)([N+](C)(C)C)CO1. The van der Waals surface area contributed by atoms with Gasteiger partial charge in [0.25, 0.3) is 0 Å². The van der Waals surface area contributed by atoms with Gasteiger partial charge in [0, 0.05) is 12.5 Å². The molecule has 0 aromatic heterocycles. The normalized spacial score (nSPS) is 27.2. The average Bonchev–Trinajstić information content (AvgIpc) is 2.68. The minimum absolute atomic E-state index is 0.00853. The molecule has 1 rings (SSSR count). The predicted molar refractivity (Wildman–Crippen MR) is 126 cm³/mol. The molecule has 6 nitrogen and oxygen atoms in total. The van der Waals surface area contributed by atoms with Crippen LogP contribution in [-0.4, -0.2) is 101 Å². The molecule has 180 valence electrons. The van der Waals surface area contributed by atoms with E-state index in [0.717, 1.165) is 17.4 Å². The Labute approximate surface area is 187 Å². The number of hydrogen-bond acceptors (Lipinski definition) is 4. The molecule has 1 saturated heterocycles. The van der Waals surface area contributed by atoms with Crippen LogP contribution in [0.1, 0.15) is 71.6 Å². The standard InChI is InChI=1S/C23H52N2O4Si/c1-7-9-11-12-14-17-25(6,16-13-10-8-2)18-15-19-30(27)28-21-23(20-26,22-29-30)24(3,4)5/h26-27H,7-22H2,1-6H3/q+2. The van der Waals surface area contributed by atoms with Crippen LogP contribution in [0.4, 0.5) is 0 Å². The van der Waals surface area contributed by atoms with E-state index in [1.165, 1.54) is 64.5 Å². The number of likely N-dealkylation sites (N-methyl/N-ethyl adjacent to an activating group) is 1. The van der Waals surface area contributed by atoms with Crippen LogP contribution in [0.25, 0.3) is 0 Å². The minimum atomic E-state index is -3.14. The lowest BCUT2D eigenvalue weighted by Crippen LogP contribution is -2.70. The molecule has 2 N–H and O–H groups in total. The Bertz CT molecular complexity index is 465. The molecule has 7 heteroatoms. The first-order valence-corrected chi connectivity index (χ1v) is 14.3. The lowest BCUT2D eigenvalue weighted by atomic mass is 9.99. The first-order chi connectivity index (χ1) is 14.1. The van der Waals surface area contributed by atoms with Gasteiger partial charge >= 0.3 is 8.80 Å². The van der Waals surface area contributed by atoms with Crippen LogP contribution < -0.4 is 0 Å². The number of aliphatic hydroxyl groups is 1. The van der Waals surface area contributed by atoms with Gasteiger partial charge in [-0.05, 0) is 25.7 Å². The van der Waals surface area contributed by atoms with Crippen LogP contribution >= 0.6 is 0 Å². The lowest BCUT2D eigenvalue weighted by Gasteiger charge is -2.49. The fourth-order valence-corrected chi connectivity index (χ4v) is 6.24. The van der Waals surface area contributed by atoms with Crippen molar-refractivity contribution in [3.05, 3.63) is 0 Å². The van der Waals surface area contributed by atoms with Crippen molar-refractivity contribution in [2.75, 3.05) is 67.6 Å². The van der Waals surface area contributed by atoms with E-state index in [1.54, 1.807) is 0 Å². The van der Waals surface area contributed by atoms with Crippen LogP contribution in [0.2, 0.25) is 6.04 Å². The molecule has 1 heterocycles. The third-order valence-corrected chi connectivity index (χ3v) is 9.32. The molecule has 1 aliphatic heterocycles. The van der Waals surface area contributed by atoms with Gasteiger partial charge in [-0.2, -0.15) is 0 Å². The average molecular weight is 449 g/mol. The largest absolute Gasteiger partial charge is 0.498 e. The topological polar surface area (TPSA) is 58.9 Å². The van der Waals surface area contributed by atoms with E-state index in [-0.39, 0.29) is 6.61 Å². The summed E-state index contributed by atoms with van der Waals surface area (Å²) in [5, 5.41) is 9.92. The Morgan fingerprint density at radius 1 is 0.767 bits per heavy atom. The van der Waals surface area contributed by atoms with E-state index in [2.05, 4.69) is 20.9 Å². The van der Waals surface area contributed by atoms with E-state index in [0.29, 0.717) is 23.7 Å². The van der Waals surface area contributed by atoms with Crippen molar-refractivity contribution < 1.29 is 27.7 Å². The highest BCUT2D eigenvalue weighted by atomic mass is 28.4. The smallest absolute Gasteiger partial charge is 0.390 e. The Hall–Kier alpha value is -0.0231. The summed E-state index contributed by atoms with van der Waals surface area (Å²) in [6.07, 6.45) is 11.3. The van der Waals surface area contributed by atoms with Crippen LogP contribution in [0.5, 0.6) is 0 Å². The third kappa shape index (κ3) is 8.85. The molecule has 0 radical (unpaired) electrons. The molecular weight excluding hydrogens is 396 g/mol. The first kappa shape index (κ1) is 28.0. The molecule has 0 aliphatic carbocycles. The molecule has 0 saturated carbocycles. The summed E-state index contributed by atoms with van der Waals surface area (Å²) in [4.78, 5) is 10.9. The van der Waals surface area contributed by atoms with E-state index >= 15 is 0 Å². The van der Waals surface area contributed by atoms with Crippen LogP contribution in [0.15, 0.2) is 0 Å². The molecule has 1 aliphatic rings. The second kappa shape index (κ2) is 12.9. The van der Waals surface area contributed by atoms with Gasteiger partial charge in [0.2, 0.25) is 0 Å². The third-order valence-electron chi connectivity index (χ3n) is 7.14. The van der Waals surface area contributed by atoms with Crippen LogP contribution in [0.3, 0.4) is 0 Å². The number of hydrogen-bond donors (Lipinski definition) is 2. The van der Waals surface area contributed by atoms with Crippen molar-refractivity contribution in [3.8, 4) is 0 Å². The fourth-order valence-electron chi connectivity index (χ4n) is 4.27.